The molecule has 0 spiro atoms. The molecule has 0 aliphatic heterocycles. The SMILES string of the molecule is CCCN(CC)c1ncc(CNCC(C)C)c(C)n1. The highest BCUT2D eigenvalue weighted by molar-refractivity contribution is 5.32. The summed E-state index contributed by atoms with van der Waals surface area (Å²) in [5.74, 6) is 1.52. The third kappa shape index (κ3) is 5.15. The van der Waals surface area contributed by atoms with Crippen LogP contribution in [0.1, 0.15) is 45.4 Å². The van der Waals surface area contributed by atoms with Gasteiger partial charge in [0.15, 0.2) is 0 Å². The van der Waals surface area contributed by atoms with Crippen molar-refractivity contribution in [2.24, 2.45) is 5.92 Å². The molecule has 0 fully saturated rings. The summed E-state index contributed by atoms with van der Waals surface area (Å²) in [6.07, 6.45) is 3.08. The average Bonchev–Trinajstić information content (AvgIpc) is 2.37. The first-order valence-electron chi connectivity index (χ1n) is 7.36. The molecule has 1 N–H and O–H groups in total. The van der Waals surface area contributed by atoms with Gasteiger partial charge in [0.25, 0.3) is 0 Å². The third-order valence-electron chi connectivity index (χ3n) is 3.09. The van der Waals surface area contributed by atoms with Crippen molar-refractivity contribution in [1.29, 1.82) is 0 Å². The normalized spacial score (nSPS) is 11.1. The summed E-state index contributed by atoms with van der Waals surface area (Å²) >= 11 is 0. The maximum absolute atomic E-state index is 4.64. The summed E-state index contributed by atoms with van der Waals surface area (Å²) in [6.45, 7) is 14.7. The van der Waals surface area contributed by atoms with E-state index in [2.05, 4.69) is 54.8 Å². The standard InChI is InChI=1S/C15H28N4/c1-6-8-19(7-2)15-17-11-14(13(5)18-15)10-16-9-12(3)4/h11-12,16H,6-10H2,1-5H3. The number of nitrogens with one attached hydrogen (secondary N) is 1. The molecule has 0 radical (unpaired) electrons. The van der Waals surface area contributed by atoms with Gasteiger partial charge < -0.3 is 10.2 Å². The number of nitrogens with zero attached hydrogens (tertiary/aromatic N) is 3. The zero-order chi connectivity index (χ0) is 14.3. The van der Waals surface area contributed by atoms with E-state index in [0.29, 0.717) is 5.92 Å². The zero-order valence-corrected chi connectivity index (χ0v) is 13.0. The molecule has 1 rings (SSSR count). The quantitative estimate of drug-likeness (QED) is 0.784. The fourth-order valence-corrected chi connectivity index (χ4v) is 1.97. The monoisotopic (exact) mass is 264 g/mol. The first-order valence-corrected chi connectivity index (χ1v) is 7.36. The zero-order valence-electron chi connectivity index (χ0n) is 13.0. The second-order valence-electron chi connectivity index (χ2n) is 5.39. The number of anilines is 1. The van der Waals surface area contributed by atoms with Crippen LogP contribution in [0, 0.1) is 12.8 Å². The summed E-state index contributed by atoms with van der Waals surface area (Å²) in [4.78, 5) is 11.4. The lowest BCUT2D eigenvalue weighted by Crippen LogP contribution is -2.26. The molecule has 1 aromatic rings. The Labute approximate surface area is 117 Å². The lowest BCUT2D eigenvalue weighted by atomic mass is 10.2. The van der Waals surface area contributed by atoms with Gasteiger partial charge in [-0.1, -0.05) is 20.8 Å². The van der Waals surface area contributed by atoms with Crippen molar-refractivity contribution < 1.29 is 0 Å². The van der Waals surface area contributed by atoms with Gasteiger partial charge in [0.05, 0.1) is 0 Å². The fraction of sp³-hybridized carbons (Fsp3) is 0.733. The van der Waals surface area contributed by atoms with Crippen molar-refractivity contribution in [3.8, 4) is 0 Å². The van der Waals surface area contributed by atoms with Crippen LogP contribution >= 0.6 is 0 Å². The summed E-state index contributed by atoms with van der Waals surface area (Å²) in [5.41, 5.74) is 2.27. The van der Waals surface area contributed by atoms with Crippen LogP contribution in [0.5, 0.6) is 0 Å². The van der Waals surface area contributed by atoms with E-state index in [1.807, 2.05) is 6.20 Å². The predicted octanol–water partition coefficient (Wildman–Crippen LogP) is 2.77. The van der Waals surface area contributed by atoms with Crippen molar-refractivity contribution in [3.63, 3.8) is 0 Å². The molecule has 19 heavy (non-hydrogen) atoms. The number of aryl methyl sites for hydroxylation is 1. The van der Waals surface area contributed by atoms with Gasteiger partial charge in [-0.3, -0.25) is 0 Å². The molecule has 1 aromatic heterocycles. The van der Waals surface area contributed by atoms with Crippen LogP contribution in [-0.4, -0.2) is 29.6 Å². The van der Waals surface area contributed by atoms with Crippen molar-refractivity contribution in [2.75, 3.05) is 24.5 Å². The Morgan fingerprint density at radius 2 is 2.05 bits per heavy atom. The number of hydrogen-bond acceptors (Lipinski definition) is 4. The van der Waals surface area contributed by atoms with E-state index in [9.17, 15) is 0 Å². The fourth-order valence-electron chi connectivity index (χ4n) is 1.97. The molecule has 108 valence electrons. The van der Waals surface area contributed by atoms with Crippen LogP contribution in [0.25, 0.3) is 0 Å². The Balaban J connectivity index is 2.68. The molecule has 0 unspecified atom stereocenters. The van der Waals surface area contributed by atoms with Gasteiger partial charge in [-0.15, -0.1) is 0 Å². The second kappa shape index (κ2) is 8.10. The van der Waals surface area contributed by atoms with Crippen LogP contribution in [0.15, 0.2) is 6.20 Å². The molecule has 4 heteroatoms. The molecule has 0 aromatic carbocycles. The summed E-state index contributed by atoms with van der Waals surface area (Å²) in [7, 11) is 0. The van der Waals surface area contributed by atoms with Crippen molar-refractivity contribution in [2.45, 2.75) is 47.6 Å². The van der Waals surface area contributed by atoms with Crippen LogP contribution in [-0.2, 0) is 6.54 Å². The number of rotatable bonds is 8. The lowest BCUT2D eigenvalue weighted by molar-refractivity contribution is 0.550. The molecule has 0 saturated carbocycles. The second-order valence-corrected chi connectivity index (χ2v) is 5.39. The molecule has 1 heterocycles. The van der Waals surface area contributed by atoms with Crippen LogP contribution in [0.2, 0.25) is 0 Å². The molecular weight excluding hydrogens is 236 g/mol. The van der Waals surface area contributed by atoms with Gasteiger partial charge in [0, 0.05) is 37.1 Å². The first kappa shape index (κ1) is 15.9. The van der Waals surface area contributed by atoms with Gasteiger partial charge in [-0.25, -0.2) is 9.97 Å². The third-order valence-corrected chi connectivity index (χ3v) is 3.09. The maximum atomic E-state index is 4.64. The van der Waals surface area contributed by atoms with Gasteiger partial charge >= 0.3 is 0 Å². The van der Waals surface area contributed by atoms with E-state index in [1.54, 1.807) is 0 Å². The highest BCUT2D eigenvalue weighted by Crippen LogP contribution is 2.11. The predicted molar refractivity (Wildman–Crippen MR) is 81.5 cm³/mol. The molecule has 0 saturated heterocycles. The Morgan fingerprint density at radius 1 is 1.32 bits per heavy atom. The molecule has 4 nitrogen and oxygen atoms in total. The van der Waals surface area contributed by atoms with Crippen molar-refractivity contribution in [3.05, 3.63) is 17.5 Å². The van der Waals surface area contributed by atoms with Gasteiger partial charge in [0.2, 0.25) is 5.95 Å². The van der Waals surface area contributed by atoms with Crippen LogP contribution < -0.4 is 10.2 Å². The number of hydrogen-bond donors (Lipinski definition) is 1. The topological polar surface area (TPSA) is 41.1 Å². The smallest absolute Gasteiger partial charge is 0.225 e. The van der Waals surface area contributed by atoms with E-state index >= 15 is 0 Å². The Bertz CT molecular complexity index is 376. The van der Waals surface area contributed by atoms with Gasteiger partial charge in [0.1, 0.15) is 0 Å². The highest BCUT2D eigenvalue weighted by Gasteiger charge is 2.09. The van der Waals surface area contributed by atoms with E-state index in [4.69, 9.17) is 0 Å². The minimum Gasteiger partial charge on any atom is -0.341 e. The molecule has 0 aliphatic rings. The number of aromatic nitrogens is 2. The Kier molecular flexibility index (Phi) is 6.78. The lowest BCUT2D eigenvalue weighted by Gasteiger charge is -2.20. The highest BCUT2D eigenvalue weighted by atomic mass is 15.2. The Hall–Kier alpha value is -1.16. The largest absolute Gasteiger partial charge is 0.341 e. The molecule has 0 bridgehead atoms. The summed E-state index contributed by atoms with van der Waals surface area (Å²) in [6, 6.07) is 0. The first-order chi connectivity index (χ1) is 9.08. The van der Waals surface area contributed by atoms with Gasteiger partial charge in [-0.2, -0.15) is 0 Å². The van der Waals surface area contributed by atoms with E-state index < -0.39 is 0 Å². The Morgan fingerprint density at radius 3 is 2.58 bits per heavy atom. The van der Waals surface area contributed by atoms with Crippen LogP contribution in [0.3, 0.4) is 0 Å². The van der Waals surface area contributed by atoms with Crippen molar-refractivity contribution in [1.82, 2.24) is 15.3 Å². The van der Waals surface area contributed by atoms with E-state index in [0.717, 1.165) is 44.2 Å². The summed E-state index contributed by atoms with van der Waals surface area (Å²) in [5, 5.41) is 3.44. The van der Waals surface area contributed by atoms with Crippen molar-refractivity contribution >= 4 is 5.95 Å². The van der Waals surface area contributed by atoms with Crippen LogP contribution in [0.4, 0.5) is 5.95 Å². The van der Waals surface area contributed by atoms with Gasteiger partial charge in [-0.05, 0) is 32.7 Å². The minimum atomic E-state index is 0.667. The molecule has 0 atom stereocenters. The minimum absolute atomic E-state index is 0.667. The van der Waals surface area contributed by atoms with E-state index in [-0.39, 0.29) is 0 Å². The molecular formula is C15H28N4. The average molecular weight is 264 g/mol. The molecule has 0 aliphatic carbocycles. The summed E-state index contributed by atoms with van der Waals surface area (Å²) < 4.78 is 0. The van der Waals surface area contributed by atoms with E-state index in [1.165, 1.54) is 5.56 Å². The maximum Gasteiger partial charge on any atom is 0.225 e. The molecule has 0 amide bonds.